The average Bonchev–Trinajstić information content (AvgIpc) is 2.36. The summed E-state index contributed by atoms with van der Waals surface area (Å²) in [5.41, 5.74) is 5.95. The van der Waals surface area contributed by atoms with Gasteiger partial charge in [0, 0.05) is 0 Å². The maximum absolute atomic E-state index is 9.38. The van der Waals surface area contributed by atoms with Crippen molar-refractivity contribution < 1.29 is 0 Å². The summed E-state index contributed by atoms with van der Waals surface area (Å²) >= 11 is 0. The summed E-state index contributed by atoms with van der Waals surface area (Å²) in [6, 6.07) is 8.76. The normalized spacial score (nSPS) is 15.5. The molecule has 88 valence electrons. The Bertz CT molecular complexity index is 481. The number of nitriles is 1. The second-order valence-electron chi connectivity index (χ2n) is 4.95. The SMILES string of the molecule is Cc1ccc(C(C#N)=C2CCCCC2)cc1C. The number of aryl methyl sites for hydroxylation is 2. The molecular weight excluding hydrogens is 206 g/mol. The summed E-state index contributed by atoms with van der Waals surface area (Å²) in [6.45, 7) is 4.22. The molecule has 1 heteroatoms. The Kier molecular flexibility index (Phi) is 3.64. The number of benzene rings is 1. The molecule has 1 aromatic carbocycles. The molecule has 0 saturated heterocycles. The molecule has 0 heterocycles. The Morgan fingerprint density at radius 2 is 1.76 bits per heavy atom. The van der Waals surface area contributed by atoms with E-state index in [1.54, 1.807) is 0 Å². The van der Waals surface area contributed by atoms with E-state index in [4.69, 9.17) is 0 Å². The standard InChI is InChI=1S/C16H19N/c1-12-8-9-15(10-13(12)2)16(11-17)14-6-4-3-5-7-14/h8-10H,3-7H2,1-2H3. The van der Waals surface area contributed by atoms with Crippen molar-refractivity contribution in [2.24, 2.45) is 0 Å². The van der Waals surface area contributed by atoms with Gasteiger partial charge in [0.1, 0.15) is 0 Å². The lowest BCUT2D eigenvalue weighted by Crippen LogP contribution is -1.98. The fraction of sp³-hybridized carbons (Fsp3) is 0.438. The molecule has 1 aromatic rings. The van der Waals surface area contributed by atoms with Gasteiger partial charge in [0.2, 0.25) is 0 Å². The maximum atomic E-state index is 9.38. The van der Waals surface area contributed by atoms with Crippen LogP contribution < -0.4 is 0 Å². The molecule has 0 bridgehead atoms. The van der Waals surface area contributed by atoms with Gasteiger partial charge in [-0.2, -0.15) is 5.26 Å². The van der Waals surface area contributed by atoms with E-state index < -0.39 is 0 Å². The first-order valence-corrected chi connectivity index (χ1v) is 6.42. The van der Waals surface area contributed by atoms with Crippen LogP contribution >= 0.6 is 0 Å². The summed E-state index contributed by atoms with van der Waals surface area (Å²) < 4.78 is 0. The first-order chi connectivity index (χ1) is 8.22. The van der Waals surface area contributed by atoms with Gasteiger partial charge in [0.15, 0.2) is 0 Å². The average molecular weight is 225 g/mol. The van der Waals surface area contributed by atoms with Crippen molar-refractivity contribution in [3.8, 4) is 6.07 Å². The van der Waals surface area contributed by atoms with Crippen molar-refractivity contribution in [2.45, 2.75) is 46.0 Å². The molecular formula is C16H19N. The van der Waals surface area contributed by atoms with Gasteiger partial charge in [0.25, 0.3) is 0 Å². The van der Waals surface area contributed by atoms with E-state index in [1.807, 2.05) is 0 Å². The Morgan fingerprint density at radius 3 is 2.35 bits per heavy atom. The third kappa shape index (κ3) is 2.58. The molecule has 17 heavy (non-hydrogen) atoms. The van der Waals surface area contributed by atoms with Crippen LogP contribution in [0.4, 0.5) is 0 Å². The summed E-state index contributed by atoms with van der Waals surface area (Å²) in [5.74, 6) is 0. The molecule has 0 aromatic heterocycles. The molecule has 1 saturated carbocycles. The van der Waals surface area contributed by atoms with E-state index in [0.717, 1.165) is 24.0 Å². The Morgan fingerprint density at radius 1 is 1.06 bits per heavy atom. The first kappa shape index (κ1) is 11.9. The second-order valence-corrected chi connectivity index (χ2v) is 4.95. The first-order valence-electron chi connectivity index (χ1n) is 6.42. The van der Waals surface area contributed by atoms with Gasteiger partial charge < -0.3 is 0 Å². The Labute approximate surface area is 104 Å². The summed E-state index contributed by atoms with van der Waals surface area (Å²) in [6.07, 6.45) is 6.01. The number of rotatable bonds is 1. The smallest absolute Gasteiger partial charge is 0.0997 e. The van der Waals surface area contributed by atoms with Gasteiger partial charge in [-0.15, -0.1) is 0 Å². The quantitative estimate of drug-likeness (QED) is 0.643. The molecule has 0 radical (unpaired) electrons. The lowest BCUT2D eigenvalue weighted by Gasteiger charge is -2.16. The van der Waals surface area contributed by atoms with Gasteiger partial charge in [0.05, 0.1) is 11.6 Å². The zero-order valence-corrected chi connectivity index (χ0v) is 10.7. The van der Waals surface area contributed by atoms with Crippen LogP contribution in [-0.2, 0) is 0 Å². The van der Waals surface area contributed by atoms with Crippen LogP contribution in [0.1, 0.15) is 48.8 Å². The minimum Gasteiger partial charge on any atom is -0.192 e. The topological polar surface area (TPSA) is 23.8 Å². The van der Waals surface area contributed by atoms with Crippen LogP contribution in [0.3, 0.4) is 0 Å². The molecule has 0 aliphatic heterocycles. The van der Waals surface area contributed by atoms with E-state index in [9.17, 15) is 5.26 Å². The molecule has 0 amide bonds. The fourth-order valence-corrected chi connectivity index (χ4v) is 2.47. The molecule has 1 fully saturated rings. The largest absolute Gasteiger partial charge is 0.192 e. The van der Waals surface area contributed by atoms with Crippen molar-refractivity contribution in [1.29, 1.82) is 5.26 Å². The summed E-state index contributed by atoms with van der Waals surface area (Å²) in [7, 11) is 0. The van der Waals surface area contributed by atoms with Crippen molar-refractivity contribution in [3.63, 3.8) is 0 Å². The van der Waals surface area contributed by atoms with E-state index in [1.165, 1.54) is 36.0 Å². The van der Waals surface area contributed by atoms with E-state index in [2.05, 4.69) is 38.1 Å². The summed E-state index contributed by atoms with van der Waals surface area (Å²) in [5, 5.41) is 9.38. The van der Waals surface area contributed by atoms with Crippen molar-refractivity contribution >= 4 is 5.57 Å². The van der Waals surface area contributed by atoms with Crippen molar-refractivity contribution in [1.82, 2.24) is 0 Å². The fourth-order valence-electron chi connectivity index (χ4n) is 2.47. The highest BCUT2D eigenvalue weighted by Gasteiger charge is 2.13. The second kappa shape index (κ2) is 5.19. The minimum absolute atomic E-state index is 0.924. The van der Waals surface area contributed by atoms with Crippen molar-refractivity contribution in [3.05, 3.63) is 40.5 Å². The molecule has 0 atom stereocenters. The lowest BCUT2D eigenvalue weighted by molar-refractivity contribution is 0.601. The lowest BCUT2D eigenvalue weighted by atomic mass is 9.88. The van der Waals surface area contributed by atoms with Crippen LogP contribution in [-0.4, -0.2) is 0 Å². The van der Waals surface area contributed by atoms with Gasteiger partial charge in [-0.25, -0.2) is 0 Å². The third-order valence-electron chi connectivity index (χ3n) is 3.72. The predicted molar refractivity (Wildman–Crippen MR) is 71.5 cm³/mol. The Balaban J connectivity index is 2.41. The molecule has 0 unspecified atom stereocenters. The number of hydrogen-bond acceptors (Lipinski definition) is 1. The zero-order chi connectivity index (χ0) is 12.3. The van der Waals surface area contributed by atoms with Crippen LogP contribution in [0.25, 0.3) is 5.57 Å². The zero-order valence-electron chi connectivity index (χ0n) is 10.7. The van der Waals surface area contributed by atoms with Crippen LogP contribution in [0, 0.1) is 25.2 Å². The molecule has 1 aliphatic carbocycles. The molecule has 0 spiro atoms. The van der Waals surface area contributed by atoms with Crippen LogP contribution in [0.15, 0.2) is 23.8 Å². The predicted octanol–water partition coefficient (Wildman–Crippen LogP) is 4.54. The van der Waals surface area contributed by atoms with E-state index in [-0.39, 0.29) is 0 Å². The van der Waals surface area contributed by atoms with Crippen molar-refractivity contribution in [2.75, 3.05) is 0 Å². The minimum atomic E-state index is 0.924. The third-order valence-corrected chi connectivity index (χ3v) is 3.72. The number of nitrogens with zero attached hydrogens (tertiary/aromatic N) is 1. The van der Waals surface area contributed by atoms with E-state index in [0.29, 0.717) is 0 Å². The highest BCUT2D eigenvalue weighted by atomic mass is 14.3. The van der Waals surface area contributed by atoms with Gasteiger partial charge in [-0.05, 0) is 56.2 Å². The van der Waals surface area contributed by atoms with Crippen LogP contribution in [0.5, 0.6) is 0 Å². The molecule has 0 N–H and O–H groups in total. The van der Waals surface area contributed by atoms with Gasteiger partial charge >= 0.3 is 0 Å². The van der Waals surface area contributed by atoms with E-state index >= 15 is 0 Å². The van der Waals surface area contributed by atoms with Crippen LogP contribution in [0.2, 0.25) is 0 Å². The molecule has 1 aliphatic rings. The highest BCUT2D eigenvalue weighted by Crippen LogP contribution is 2.30. The van der Waals surface area contributed by atoms with Gasteiger partial charge in [-0.1, -0.05) is 30.2 Å². The molecule has 1 nitrogen and oxygen atoms in total. The maximum Gasteiger partial charge on any atom is 0.0997 e. The Hall–Kier alpha value is -1.55. The number of hydrogen-bond donors (Lipinski definition) is 0. The van der Waals surface area contributed by atoms with Gasteiger partial charge in [-0.3, -0.25) is 0 Å². The highest BCUT2D eigenvalue weighted by molar-refractivity contribution is 5.79. The number of allylic oxidation sites excluding steroid dienone is 2. The molecule has 2 rings (SSSR count). The summed E-state index contributed by atoms with van der Waals surface area (Å²) in [4.78, 5) is 0. The monoisotopic (exact) mass is 225 g/mol.